The maximum Gasteiger partial charge on any atom is 0.178 e. The summed E-state index contributed by atoms with van der Waals surface area (Å²) in [4.78, 5) is 0. The standard InChI is InChI=1S/C33H24O.5C2H6/c1-3-12-24(13-4-1)33(25-14-5-2-6-15-25)22-21-30-28-20-19-23-11-7-8-16-26(23)31(28)27-17-9-10-18-29(27)32(30)34-33;5*1-2/h1-18,21-22H,19-20H2;5*1-2H3. The summed E-state index contributed by atoms with van der Waals surface area (Å²) < 4.78 is 7.17. The minimum atomic E-state index is -0.668. The molecule has 1 aliphatic heterocycles. The molecular formula is C43H54O. The van der Waals surface area contributed by atoms with Gasteiger partial charge in [-0.15, -0.1) is 0 Å². The lowest BCUT2D eigenvalue weighted by Crippen LogP contribution is -2.34. The van der Waals surface area contributed by atoms with E-state index in [-0.39, 0.29) is 0 Å². The molecule has 1 heterocycles. The Bertz CT molecular complexity index is 1520. The van der Waals surface area contributed by atoms with Gasteiger partial charge < -0.3 is 4.74 Å². The third-order valence-electron chi connectivity index (χ3n) is 7.40. The SMILES string of the molecule is C1=CC(c2ccccc2)(c2ccccc2)Oc2c1c1c(c3ccccc23)-c2ccccc2CC1.CC.CC.CC.CC.CC. The highest BCUT2D eigenvalue weighted by Crippen LogP contribution is 2.51. The van der Waals surface area contributed by atoms with E-state index in [1.807, 2.05) is 69.2 Å². The summed E-state index contributed by atoms with van der Waals surface area (Å²) in [6.07, 6.45) is 6.66. The second-order valence-electron chi connectivity index (χ2n) is 9.20. The van der Waals surface area contributed by atoms with Crippen LogP contribution in [0.5, 0.6) is 5.75 Å². The molecule has 0 bridgehead atoms. The zero-order valence-electron chi connectivity index (χ0n) is 28.9. The largest absolute Gasteiger partial charge is 0.472 e. The molecule has 0 saturated heterocycles. The lowest BCUT2D eigenvalue weighted by Gasteiger charge is -2.38. The molecule has 0 atom stereocenters. The van der Waals surface area contributed by atoms with Crippen molar-refractivity contribution in [2.75, 3.05) is 0 Å². The topological polar surface area (TPSA) is 9.23 Å². The normalized spacial score (nSPS) is 12.4. The van der Waals surface area contributed by atoms with Gasteiger partial charge in [0.1, 0.15) is 5.75 Å². The van der Waals surface area contributed by atoms with Crippen LogP contribution in [0.2, 0.25) is 0 Å². The fraction of sp³-hybridized carbons (Fsp3) is 0.302. The fourth-order valence-corrected chi connectivity index (χ4v) is 5.82. The highest BCUT2D eigenvalue weighted by atomic mass is 16.5. The van der Waals surface area contributed by atoms with Crippen LogP contribution < -0.4 is 4.74 Å². The van der Waals surface area contributed by atoms with E-state index in [9.17, 15) is 0 Å². The predicted molar refractivity (Wildman–Crippen MR) is 197 cm³/mol. The van der Waals surface area contributed by atoms with Crippen molar-refractivity contribution in [2.24, 2.45) is 0 Å². The number of fused-ring (bicyclic) bond motifs is 8. The molecule has 44 heavy (non-hydrogen) atoms. The minimum Gasteiger partial charge on any atom is -0.472 e. The van der Waals surface area contributed by atoms with Crippen molar-refractivity contribution in [3.63, 3.8) is 0 Å². The monoisotopic (exact) mass is 586 g/mol. The van der Waals surface area contributed by atoms with E-state index in [1.165, 1.54) is 38.6 Å². The van der Waals surface area contributed by atoms with Gasteiger partial charge in [-0.2, -0.15) is 0 Å². The van der Waals surface area contributed by atoms with Gasteiger partial charge in [0.05, 0.1) is 0 Å². The van der Waals surface area contributed by atoms with Gasteiger partial charge in [-0.1, -0.05) is 185 Å². The van der Waals surface area contributed by atoms with E-state index in [0.29, 0.717) is 0 Å². The molecule has 0 N–H and O–H groups in total. The first-order chi connectivity index (χ1) is 21.9. The molecule has 0 saturated carbocycles. The van der Waals surface area contributed by atoms with E-state index in [1.54, 1.807) is 0 Å². The van der Waals surface area contributed by atoms with Gasteiger partial charge in [0, 0.05) is 22.1 Å². The van der Waals surface area contributed by atoms with Crippen molar-refractivity contribution >= 4 is 16.8 Å². The molecule has 5 aromatic rings. The Labute approximate surface area is 268 Å². The van der Waals surface area contributed by atoms with Crippen molar-refractivity contribution in [3.8, 4) is 16.9 Å². The van der Waals surface area contributed by atoms with Gasteiger partial charge in [0.15, 0.2) is 5.60 Å². The molecule has 0 radical (unpaired) electrons. The summed E-state index contributed by atoms with van der Waals surface area (Å²) in [6.45, 7) is 20.0. The van der Waals surface area contributed by atoms with Crippen molar-refractivity contribution in [1.82, 2.24) is 0 Å². The summed E-state index contributed by atoms with van der Waals surface area (Å²) in [7, 11) is 0. The molecule has 1 heteroatoms. The van der Waals surface area contributed by atoms with Crippen LogP contribution in [0.1, 0.15) is 97.1 Å². The Morgan fingerprint density at radius 2 is 0.977 bits per heavy atom. The molecule has 1 nitrogen and oxygen atoms in total. The molecular weight excluding hydrogens is 532 g/mol. The molecule has 0 unspecified atom stereocenters. The maximum atomic E-state index is 7.17. The quantitative estimate of drug-likeness (QED) is 0.200. The van der Waals surface area contributed by atoms with Gasteiger partial charge in [-0.3, -0.25) is 0 Å². The Morgan fingerprint density at radius 1 is 0.500 bits per heavy atom. The average molecular weight is 587 g/mol. The van der Waals surface area contributed by atoms with Crippen molar-refractivity contribution in [3.05, 3.63) is 143 Å². The van der Waals surface area contributed by atoms with Crippen LogP contribution in [0.4, 0.5) is 0 Å². The molecule has 1 aliphatic carbocycles. The summed E-state index contributed by atoms with van der Waals surface area (Å²) in [5.74, 6) is 0.990. The summed E-state index contributed by atoms with van der Waals surface area (Å²) in [6, 6.07) is 38.8. The predicted octanol–water partition coefficient (Wildman–Crippen LogP) is 13.1. The Balaban J connectivity index is 0.000000618. The van der Waals surface area contributed by atoms with Crippen LogP contribution in [0, 0.1) is 0 Å². The minimum absolute atomic E-state index is 0.668. The zero-order valence-corrected chi connectivity index (χ0v) is 28.9. The van der Waals surface area contributed by atoms with Crippen LogP contribution in [0.3, 0.4) is 0 Å². The molecule has 5 aromatic carbocycles. The second kappa shape index (κ2) is 18.5. The number of aryl methyl sites for hydroxylation is 1. The third-order valence-corrected chi connectivity index (χ3v) is 7.40. The summed E-state index contributed by atoms with van der Waals surface area (Å²) >= 11 is 0. The van der Waals surface area contributed by atoms with Crippen LogP contribution in [0.15, 0.2) is 115 Å². The first kappa shape index (κ1) is 36.1. The van der Waals surface area contributed by atoms with Crippen molar-refractivity contribution in [1.29, 1.82) is 0 Å². The lowest BCUT2D eigenvalue weighted by molar-refractivity contribution is 0.163. The molecule has 0 fully saturated rings. The van der Waals surface area contributed by atoms with E-state index in [0.717, 1.165) is 29.7 Å². The Kier molecular flexibility index (Phi) is 15.2. The molecule has 0 spiro atoms. The number of hydrogen-bond donors (Lipinski definition) is 0. The average Bonchev–Trinajstić information content (AvgIpc) is 3.16. The van der Waals surface area contributed by atoms with E-state index in [4.69, 9.17) is 4.74 Å². The number of ether oxygens (including phenoxy) is 1. The smallest absolute Gasteiger partial charge is 0.178 e. The van der Waals surface area contributed by atoms with Gasteiger partial charge in [-0.25, -0.2) is 0 Å². The fourth-order valence-electron chi connectivity index (χ4n) is 5.82. The van der Waals surface area contributed by atoms with Gasteiger partial charge >= 0.3 is 0 Å². The molecule has 232 valence electrons. The lowest BCUT2D eigenvalue weighted by atomic mass is 9.77. The Morgan fingerprint density at radius 3 is 1.55 bits per heavy atom. The number of rotatable bonds is 2. The summed E-state index contributed by atoms with van der Waals surface area (Å²) in [5.41, 5.74) is 8.40. The molecule has 2 aliphatic rings. The van der Waals surface area contributed by atoms with Crippen LogP contribution in [0.25, 0.3) is 28.0 Å². The number of benzene rings is 5. The van der Waals surface area contributed by atoms with Crippen molar-refractivity contribution < 1.29 is 4.74 Å². The van der Waals surface area contributed by atoms with Crippen molar-refractivity contribution in [2.45, 2.75) is 87.7 Å². The van der Waals surface area contributed by atoms with E-state index < -0.39 is 5.60 Å². The van der Waals surface area contributed by atoms with Crippen LogP contribution in [-0.2, 0) is 18.4 Å². The molecule has 7 rings (SSSR count). The maximum absolute atomic E-state index is 7.17. The summed E-state index contributed by atoms with van der Waals surface area (Å²) in [5, 5.41) is 2.45. The highest BCUT2D eigenvalue weighted by molar-refractivity contribution is 6.06. The van der Waals surface area contributed by atoms with Crippen LogP contribution >= 0.6 is 0 Å². The van der Waals surface area contributed by atoms with Gasteiger partial charge in [-0.05, 0) is 46.6 Å². The first-order valence-corrected chi connectivity index (χ1v) is 17.0. The van der Waals surface area contributed by atoms with Gasteiger partial charge in [0.2, 0.25) is 0 Å². The second-order valence-corrected chi connectivity index (χ2v) is 9.20. The van der Waals surface area contributed by atoms with Crippen LogP contribution in [-0.4, -0.2) is 0 Å². The van der Waals surface area contributed by atoms with E-state index in [2.05, 4.69) is 121 Å². The molecule has 0 amide bonds. The first-order valence-electron chi connectivity index (χ1n) is 17.0. The zero-order chi connectivity index (χ0) is 32.5. The number of hydrogen-bond acceptors (Lipinski definition) is 1. The Hall–Kier alpha value is -4.10. The van der Waals surface area contributed by atoms with Gasteiger partial charge in [0.25, 0.3) is 0 Å². The van der Waals surface area contributed by atoms with E-state index >= 15 is 0 Å². The third kappa shape index (κ3) is 6.99. The highest BCUT2D eigenvalue weighted by Gasteiger charge is 2.39. The molecule has 0 aromatic heterocycles.